The Morgan fingerprint density at radius 3 is 2.50 bits per heavy atom. The minimum Gasteiger partial charge on any atom is -0.435 e. The lowest BCUT2D eigenvalue weighted by molar-refractivity contribution is 0.0174. The Labute approximate surface area is 165 Å². The van der Waals surface area contributed by atoms with E-state index in [0.29, 0.717) is 29.7 Å². The van der Waals surface area contributed by atoms with Crippen LogP contribution in [0.2, 0.25) is 0 Å². The van der Waals surface area contributed by atoms with E-state index in [1.54, 1.807) is 0 Å². The van der Waals surface area contributed by atoms with Crippen molar-refractivity contribution in [1.29, 1.82) is 0 Å². The molecule has 6 heteroatoms. The molecule has 4 aliphatic heterocycles. The molecule has 1 aromatic heterocycles. The molecule has 2 aromatic rings. The van der Waals surface area contributed by atoms with Crippen molar-refractivity contribution in [1.82, 2.24) is 20.1 Å². The van der Waals surface area contributed by atoms with E-state index in [2.05, 4.69) is 50.4 Å². The summed E-state index contributed by atoms with van der Waals surface area (Å²) in [6.07, 6.45) is 0.693. The summed E-state index contributed by atoms with van der Waals surface area (Å²) in [7, 11) is 0. The number of fused-ring (bicyclic) bond motifs is 1. The molecule has 1 amide bonds. The first kappa shape index (κ1) is 17.9. The lowest BCUT2D eigenvalue weighted by atomic mass is 9.64. The molecule has 4 bridgehead atoms. The van der Waals surface area contributed by atoms with Crippen LogP contribution in [0.3, 0.4) is 0 Å². The van der Waals surface area contributed by atoms with Gasteiger partial charge in [0.2, 0.25) is 5.76 Å². The van der Waals surface area contributed by atoms with Gasteiger partial charge in [0.25, 0.3) is 5.91 Å². The average Bonchev–Trinajstić information content (AvgIpc) is 2.91. The van der Waals surface area contributed by atoms with E-state index in [1.165, 1.54) is 5.56 Å². The minimum absolute atomic E-state index is 0.0872. The Morgan fingerprint density at radius 2 is 1.89 bits per heavy atom. The predicted molar refractivity (Wildman–Crippen MR) is 106 cm³/mol. The molecule has 0 spiro atoms. The van der Waals surface area contributed by atoms with Crippen LogP contribution < -0.4 is 5.32 Å². The van der Waals surface area contributed by atoms with Crippen molar-refractivity contribution in [2.24, 2.45) is 5.92 Å². The predicted octanol–water partition coefficient (Wildman–Crippen LogP) is 1.84. The highest BCUT2D eigenvalue weighted by Crippen LogP contribution is 2.43. The third-order valence-corrected chi connectivity index (χ3v) is 6.78. The highest BCUT2D eigenvalue weighted by molar-refractivity contribution is 5.92. The summed E-state index contributed by atoms with van der Waals surface area (Å²) in [6.45, 7) is 10.2. The van der Waals surface area contributed by atoms with Gasteiger partial charge in [0.05, 0.1) is 5.69 Å². The van der Waals surface area contributed by atoms with E-state index >= 15 is 0 Å². The van der Waals surface area contributed by atoms with Gasteiger partial charge in [0, 0.05) is 63.1 Å². The Kier molecular flexibility index (Phi) is 4.29. The van der Waals surface area contributed by atoms with Crippen molar-refractivity contribution in [2.45, 2.75) is 31.7 Å². The second-order valence-corrected chi connectivity index (χ2v) is 8.58. The molecule has 0 saturated carbocycles. The summed E-state index contributed by atoms with van der Waals surface area (Å²) in [4.78, 5) is 22.7. The molecule has 1 N–H and O–H groups in total. The summed E-state index contributed by atoms with van der Waals surface area (Å²) in [6, 6.07) is 10.8. The average molecular weight is 380 g/mol. The summed E-state index contributed by atoms with van der Waals surface area (Å²) in [5, 5.41) is 3.40. The minimum atomic E-state index is -0.124. The van der Waals surface area contributed by atoms with Gasteiger partial charge in [-0.2, -0.15) is 0 Å². The number of rotatable bonds is 4. The van der Waals surface area contributed by atoms with E-state index in [-0.39, 0.29) is 17.4 Å². The lowest BCUT2D eigenvalue weighted by Crippen LogP contribution is -2.70. The largest absolute Gasteiger partial charge is 0.435 e. The monoisotopic (exact) mass is 380 g/mol. The number of hydrogen-bond donors (Lipinski definition) is 1. The topological polar surface area (TPSA) is 61.6 Å². The number of benzene rings is 1. The fraction of sp³-hybridized carbons (Fsp3) is 0.545. The summed E-state index contributed by atoms with van der Waals surface area (Å²) >= 11 is 0. The summed E-state index contributed by atoms with van der Waals surface area (Å²) < 4.78 is 5.74. The zero-order valence-corrected chi connectivity index (χ0v) is 16.6. The maximum Gasteiger partial charge on any atom is 0.289 e. The van der Waals surface area contributed by atoms with Gasteiger partial charge in [0.15, 0.2) is 5.89 Å². The number of aryl methyl sites for hydroxylation is 2. The molecule has 5 heterocycles. The number of nitrogens with zero attached hydrogens (tertiary/aromatic N) is 3. The molecule has 28 heavy (non-hydrogen) atoms. The first-order chi connectivity index (χ1) is 13.6. The zero-order valence-electron chi connectivity index (χ0n) is 16.6. The van der Waals surface area contributed by atoms with Crippen molar-refractivity contribution in [3.05, 3.63) is 53.2 Å². The molecule has 4 fully saturated rings. The molecule has 4 saturated heterocycles. The number of oxazole rings is 1. The molecule has 148 valence electrons. The van der Waals surface area contributed by atoms with E-state index in [0.717, 1.165) is 39.3 Å². The van der Waals surface area contributed by atoms with Crippen LogP contribution in [0.15, 0.2) is 34.7 Å². The molecule has 4 aliphatic rings. The highest BCUT2D eigenvalue weighted by atomic mass is 16.4. The molecule has 6 nitrogen and oxygen atoms in total. The third-order valence-electron chi connectivity index (χ3n) is 6.78. The normalized spacial score (nSPS) is 33.6. The fourth-order valence-electron chi connectivity index (χ4n) is 5.59. The van der Waals surface area contributed by atoms with Crippen LogP contribution in [0.5, 0.6) is 0 Å². The van der Waals surface area contributed by atoms with Crippen molar-refractivity contribution < 1.29 is 9.21 Å². The molecule has 0 radical (unpaired) electrons. The summed E-state index contributed by atoms with van der Waals surface area (Å²) in [5.74, 6) is 1.29. The van der Waals surface area contributed by atoms with Crippen LogP contribution in [-0.2, 0) is 11.8 Å². The highest BCUT2D eigenvalue weighted by Gasteiger charge is 2.55. The number of amides is 1. The first-order valence-corrected chi connectivity index (χ1v) is 10.4. The fourth-order valence-corrected chi connectivity index (χ4v) is 5.59. The van der Waals surface area contributed by atoms with Crippen molar-refractivity contribution in [3.63, 3.8) is 0 Å². The molecule has 2 unspecified atom stereocenters. The van der Waals surface area contributed by atoms with E-state index in [1.807, 2.05) is 13.8 Å². The van der Waals surface area contributed by atoms with Crippen LogP contribution in [-0.4, -0.2) is 66.0 Å². The van der Waals surface area contributed by atoms with E-state index in [9.17, 15) is 4.79 Å². The van der Waals surface area contributed by atoms with Crippen LogP contribution >= 0.6 is 0 Å². The van der Waals surface area contributed by atoms with Crippen molar-refractivity contribution in [2.75, 3.05) is 39.3 Å². The molecule has 6 rings (SSSR count). The van der Waals surface area contributed by atoms with Crippen LogP contribution in [0.1, 0.15) is 34.6 Å². The maximum absolute atomic E-state index is 13.2. The van der Waals surface area contributed by atoms with Gasteiger partial charge in [-0.05, 0) is 12.5 Å². The third kappa shape index (κ3) is 2.78. The van der Waals surface area contributed by atoms with Crippen molar-refractivity contribution >= 4 is 5.91 Å². The Balaban J connectivity index is 1.51. The maximum atomic E-state index is 13.2. The van der Waals surface area contributed by atoms with Crippen molar-refractivity contribution in [3.8, 4) is 0 Å². The molecule has 1 aromatic carbocycles. The molecule has 0 aliphatic carbocycles. The number of aromatic nitrogens is 1. The zero-order chi connectivity index (χ0) is 19.3. The van der Waals surface area contributed by atoms with Gasteiger partial charge in [-0.25, -0.2) is 4.98 Å². The molecular weight excluding hydrogens is 352 g/mol. The Morgan fingerprint density at radius 1 is 1.21 bits per heavy atom. The number of piperidine rings is 2. The van der Waals surface area contributed by atoms with Gasteiger partial charge in [-0.1, -0.05) is 37.3 Å². The van der Waals surface area contributed by atoms with Crippen LogP contribution in [0.25, 0.3) is 0 Å². The number of carbonyl (C=O) groups excluding carboxylic acids is 1. The molecule has 3 atom stereocenters. The standard InChI is InChI=1S/C22H28N4O2/c1-3-18-23-15(2)19(28-18)21(27)24-20-16-11-25-9-10-26(12-16)14-22(20,13-25)17-7-5-4-6-8-17/h4-8,16,20H,3,9-14H2,1-2H3,(H,24,27)/t16?,20-,22?/m0/s1. The second-order valence-electron chi connectivity index (χ2n) is 8.58. The van der Waals surface area contributed by atoms with Crippen LogP contribution in [0, 0.1) is 12.8 Å². The SMILES string of the molecule is CCc1nc(C)c(C(=O)N[C@H]2C3CN4CCN(C3)CC2(c2ccccc2)C4)o1. The van der Waals surface area contributed by atoms with Crippen LogP contribution in [0.4, 0.5) is 0 Å². The second kappa shape index (κ2) is 6.71. The number of nitrogens with one attached hydrogen (secondary N) is 1. The molecular formula is C22H28N4O2. The Hall–Kier alpha value is -2.18. The van der Waals surface area contributed by atoms with Gasteiger partial charge < -0.3 is 19.5 Å². The van der Waals surface area contributed by atoms with Gasteiger partial charge in [0.1, 0.15) is 0 Å². The summed E-state index contributed by atoms with van der Waals surface area (Å²) in [5.41, 5.74) is 1.91. The number of carbonyl (C=O) groups is 1. The van der Waals surface area contributed by atoms with E-state index < -0.39 is 0 Å². The van der Waals surface area contributed by atoms with Gasteiger partial charge in [-0.15, -0.1) is 0 Å². The van der Waals surface area contributed by atoms with Gasteiger partial charge in [-0.3, -0.25) is 4.79 Å². The van der Waals surface area contributed by atoms with E-state index in [4.69, 9.17) is 4.42 Å². The quantitative estimate of drug-likeness (QED) is 0.877. The first-order valence-electron chi connectivity index (χ1n) is 10.4. The smallest absolute Gasteiger partial charge is 0.289 e. The Bertz CT molecular complexity index is 862. The number of hydrogen-bond acceptors (Lipinski definition) is 5. The van der Waals surface area contributed by atoms with Gasteiger partial charge >= 0.3 is 0 Å². The lowest BCUT2D eigenvalue weighted by Gasteiger charge is -2.55.